The number of H-pyrrole nitrogens is 1. The number of nitrogen functional groups attached to an aromatic ring is 1. The summed E-state index contributed by atoms with van der Waals surface area (Å²) in [7, 11) is 0. The fraction of sp³-hybridized carbons (Fsp3) is 0.222. The standard InChI is InChI=1S/C27H27N11O/c1-16-14-20(15-17(2)31-16)21-22(19-8-5-4-6-9-19)32-25(28)38-24(21)35-37(27(38)39)13-11-29-18(3)23-33-34-26-30-10-7-12-36(23)26/h4-10,12,14-15,18,29H,11,13H2,1-3H3,(H2,28,31,32,35)/p+1. The van der Waals surface area contributed by atoms with Gasteiger partial charge >= 0.3 is 11.6 Å². The third kappa shape index (κ3) is 4.40. The Balaban J connectivity index is 1.39. The van der Waals surface area contributed by atoms with Crippen molar-refractivity contribution >= 4 is 17.4 Å². The van der Waals surface area contributed by atoms with Crippen molar-refractivity contribution in [2.24, 2.45) is 0 Å². The number of benzene rings is 1. The first kappa shape index (κ1) is 24.4. The van der Waals surface area contributed by atoms with Crippen molar-refractivity contribution in [3.63, 3.8) is 0 Å². The third-order valence-corrected chi connectivity index (χ3v) is 6.62. The molecule has 1 unspecified atom stereocenters. The van der Waals surface area contributed by atoms with Crippen molar-refractivity contribution in [2.45, 2.75) is 33.4 Å². The van der Waals surface area contributed by atoms with E-state index in [1.54, 1.807) is 6.20 Å². The molecular weight excluding hydrogens is 494 g/mol. The minimum absolute atomic E-state index is 0.110. The van der Waals surface area contributed by atoms with E-state index in [1.807, 2.05) is 79.9 Å². The number of nitrogens with two attached hydrogens (primary N) is 1. The zero-order valence-corrected chi connectivity index (χ0v) is 21.8. The summed E-state index contributed by atoms with van der Waals surface area (Å²) in [5, 5.41) is 15.1. The molecule has 1 aromatic carbocycles. The second-order valence-electron chi connectivity index (χ2n) is 9.45. The van der Waals surface area contributed by atoms with E-state index < -0.39 is 0 Å². The van der Waals surface area contributed by atoms with Crippen LogP contribution >= 0.6 is 0 Å². The van der Waals surface area contributed by atoms with Crippen LogP contribution in [0, 0.1) is 13.8 Å². The van der Waals surface area contributed by atoms with E-state index in [0.717, 1.165) is 33.9 Å². The van der Waals surface area contributed by atoms with E-state index in [0.29, 0.717) is 30.2 Å². The molecular formula is C27H28N11O+. The van der Waals surface area contributed by atoms with Crippen LogP contribution in [0.2, 0.25) is 0 Å². The van der Waals surface area contributed by atoms with Gasteiger partial charge in [-0.15, -0.1) is 19.6 Å². The number of pyridine rings is 1. The number of aryl methyl sites for hydroxylation is 2. The molecule has 6 aromatic rings. The average molecular weight is 523 g/mol. The van der Waals surface area contributed by atoms with E-state index in [4.69, 9.17) is 10.7 Å². The maximum atomic E-state index is 13.5. The first-order valence-electron chi connectivity index (χ1n) is 12.6. The van der Waals surface area contributed by atoms with Crippen LogP contribution in [-0.4, -0.2) is 45.9 Å². The molecule has 6 rings (SSSR count). The van der Waals surface area contributed by atoms with Crippen molar-refractivity contribution in [3.05, 3.63) is 88.6 Å². The predicted molar refractivity (Wildman–Crippen MR) is 146 cm³/mol. The van der Waals surface area contributed by atoms with Gasteiger partial charge in [0.1, 0.15) is 5.69 Å². The maximum absolute atomic E-state index is 13.5. The molecule has 0 fully saturated rings. The molecule has 12 heteroatoms. The van der Waals surface area contributed by atoms with Crippen LogP contribution < -0.4 is 21.1 Å². The molecule has 5 heterocycles. The molecule has 0 saturated heterocycles. The van der Waals surface area contributed by atoms with Crippen molar-refractivity contribution in [3.8, 4) is 22.4 Å². The zero-order valence-electron chi connectivity index (χ0n) is 21.8. The quantitative estimate of drug-likeness (QED) is 0.270. The molecule has 5 aromatic heterocycles. The fourth-order valence-corrected chi connectivity index (χ4v) is 4.90. The van der Waals surface area contributed by atoms with Crippen molar-refractivity contribution in [1.82, 2.24) is 44.6 Å². The Morgan fingerprint density at radius 1 is 1.05 bits per heavy atom. The molecule has 0 amide bonds. The van der Waals surface area contributed by atoms with Crippen LogP contribution in [0.3, 0.4) is 0 Å². The van der Waals surface area contributed by atoms with Gasteiger partial charge in [0.2, 0.25) is 5.65 Å². The number of aromatic nitrogens is 9. The molecule has 0 bridgehead atoms. The average Bonchev–Trinajstić information content (AvgIpc) is 3.50. The number of rotatable bonds is 7. The summed E-state index contributed by atoms with van der Waals surface area (Å²) in [6, 6.07) is 15.5. The van der Waals surface area contributed by atoms with Crippen LogP contribution in [0.4, 0.5) is 5.95 Å². The minimum Gasteiger partial charge on any atom is -0.319 e. The summed E-state index contributed by atoms with van der Waals surface area (Å²) in [6.07, 6.45) is 3.55. The van der Waals surface area contributed by atoms with Gasteiger partial charge in [-0.3, -0.25) is 9.38 Å². The second kappa shape index (κ2) is 9.72. The number of hydrogen-bond donors (Lipinski definition) is 3. The first-order valence-corrected chi connectivity index (χ1v) is 12.6. The summed E-state index contributed by atoms with van der Waals surface area (Å²) in [5.74, 6) is 1.39. The number of anilines is 1. The van der Waals surface area contributed by atoms with Crippen molar-refractivity contribution in [1.29, 1.82) is 0 Å². The first-order chi connectivity index (χ1) is 18.9. The van der Waals surface area contributed by atoms with Crippen LogP contribution in [0.15, 0.2) is 65.7 Å². The molecule has 0 aliphatic carbocycles. The zero-order chi connectivity index (χ0) is 27.1. The maximum Gasteiger partial charge on any atom is 0.428 e. The van der Waals surface area contributed by atoms with E-state index >= 15 is 0 Å². The highest BCUT2D eigenvalue weighted by atomic mass is 16.2. The monoisotopic (exact) mass is 522 g/mol. The highest BCUT2D eigenvalue weighted by Gasteiger charge is 2.26. The Morgan fingerprint density at radius 2 is 1.82 bits per heavy atom. The van der Waals surface area contributed by atoms with Crippen molar-refractivity contribution in [2.75, 3.05) is 12.3 Å². The number of fused-ring (bicyclic) bond motifs is 2. The number of aromatic amines is 1. The lowest BCUT2D eigenvalue weighted by Crippen LogP contribution is -2.45. The summed E-state index contributed by atoms with van der Waals surface area (Å²) < 4.78 is 4.80. The van der Waals surface area contributed by atoms with Crippen LogP contribution in [0.5, 0.6) is 0 Å². The Labute approximate surface area is 223 Å². The lowest BCUT2D eigenvalue weighted by atomic mass is 9.99. The van der Waals surface area contributed by atoms with Gasteiger partial charge in [0, 0.05) is 35.9 Å². The smallest absolute Gasteiger partial charge is 0.319 e. The van der Waals surface area contributed by atoms with Gasteiger partial charge in [-0.1, -0.05) is 30.3 Å². The van der Waals surface area contributed by atoms with E-state index in [9.17, 15) is 4.79 Å². The minimum atomic E-state index is -0.301. The Hall–Kier alpha value is -4.97. The molecule has 196 valence electrons. The van der Waals surface area contributed by atoms with Gasteiger partial charge in [-0.2, -0.15) is 4.68 Å². The molecule has 39 heavy (non-hydrogen) atoms. The second-order valence-corrected chi connectivity index (χ2v) is 9.45. The molecule has 0 aliphatic rings. The van der Waals surface area contributed by atoms with Crippen LogP contribution in [0.1, 0.15) is 30.2 Å². The lowest BCUT2D eigenvalue weighted by Gasteiger charge is -2.11. The predicted octanol–water partition coefficient (Wildman–Crippen LogP) is 2.03. The largest absolute Gasteiger partial charge is 0.428 e. The number of nitrogens with one attached hydrogen (secondary N) is 2. The fourth-order valence-electron chi connectivity index (χ4n) is 4.90. The molecule has 1 atom stereocenters. The Morgan fingerprint density at radius 3 is 2.59 bits per heavy atom. The third-order valence-electron chi connectivity index (χ3n) is 6.62. The van der Waals surface area contributed by atoms with Crippen LogP contribution in [0.25, 0.3) is 33.8 Å². The van der Waals surface area contributed by atoms with Crippen molar-refractivity contribution < 1.29 is 4.40 Å². The van der Waals surface area contributed by atoms with E-state index in [-0.39, 0.29) is 17.7 Å². The molecule has 0 radical (unpaired) electrons. The lowest BCUT2D eigenvalue weighted by molar-refractivity contribution is -0.516. The molecule has 0 spiro atoms. The Bertz CT molecular complexity index is 1850. The molecule has 4 N–H and O–H groups in total. The highest BCUT2D eigenvalue weighted by Crippen LogP contribution is 2.33. The molecule has 0 aliphatic heterocycles. The topological polar surface area (TPSA) is 149 Å². The molecule has 12 nitrogen and oxygen atoms in total. The SMILES string of the molecule is Cc1cc(-c2c(-c3ccccc3)nc(N)[n+]3c(=O)n(CCNC(C)c4nnc5ncccn45)[nH]c23)cc(C)n1. The van der Waals surface area contributed by atoms with E-state index in [2.05, 4.69) is 30.6 Å². The van der Waals surface area contributed by atoms with Gasteiger partial charge in [-0.25, -0.2) is 14.9 Å². The number of nitrogens with zero attached hydrogens (tertiary/aromatic N) is 8. The van der Waals surface area contributed by atoms with Gasteiger partial charge in [-0.05, 0) is 44.5 Å². The van der Waals surface area contributed by atoms with Gasteiger partial charge in [0.25, 0.3) is 5.78 Å². The van der Waals surface area contributed by atoms with Gasteiger partial charge < -0.3 is 11.1 Å². The summed E-state index contributed by atoms with van der Waals surface area (Å²) >= 11 is 0. The van der Waals surface area contributed by atoms with Gasteiger partial charge in [0.15, 0.2) is 5.82 Å². The highest BCUT2D eigenvalue weighted by molar-refractivity contribution is 5.88. The normalized spacial score (nSPS) is 12.4. The summed E-state index contributed by atoms with van der Waals surface area (Å²) in [4.78, 5) is 26.9. The summed E-state index contributed by atoms with van der Waals surface area (Å²) in [6.45, 7) is 6.75. The van der Waals surface area contributed by atoms with Gasteiger partial charge in [0.05, 0.1) is 18.2 Å². The molecule has 0 saturated carbocycles. The van der Waals surface area contributed by atoms with E-state index in [1.165, 1.54) is 9.08 Å². The van der Waals surface area contributed by atoms with Crippen LogP contribution in [-0.2, 0) is 6.54 Å². The number of hydrogen-bond acceptors (Lipinski definition) is 8. The Kier molecular flexibility index (Phi) is 6.08. The summed E-state index contributed by atoms with van der Waals surface area (Å²) in [5.41, 5.74) is 11.6.